The smallest absolute Gasteiger partial charge is 0.279 e. The van der Waals surface area contributed by atoms with Gasteiger partial charge in [0.25, 0.3) is 11.8 Å². The third kappa shape index (κ3) is 6.97. The fourth-order valence-corrected chi connectivity index (χ4v) is 3.20. The third-order valence-corrected chi connectivity index (χ3v) is 4.67. The van der Waals surface area contributed by atoms with Crippen LogP contribution in [0.3, 0.4) is 0 Å². The first kappa shape index (κ1) is 22.1. The fraction of sp³-hybridized carbons (Fsp3) is 0.200. The Kier molecular flexibility index (Phi) is 7.79. The van der Waals surface area contributed by atoms with Gasteiger partial charge in [-0.1, -0.05) is 30.3 Å². The zero-order valence-electron chi connectivity index (χ0n) is 17.9. The molecule has 0 heterocycles. The Labute approximate surface area is 182 Å². The number of benzene rings is 3. The van der Waals surface area contributed by atoms with Gasteiger partial charge >= 0.3 is 0 Å². The Bertz CT molecular complexity index is 987. The van der Waals surface area contributed by atoms with Crippen molar-refractivity contribution in [1.29, 1.82) is 0 Å². The lowest BCUT2D eigenvalue weighted by Gasteiger charge is -2.14. The van der Waals surface area contributed by atoms with Gasteiger partial charge in [0.2, 0.25) is 0 Å². The maximum absolute atomic E-state index is 12.4. The molecule has 0 bridgehead atoms. The van der Waals surface area contributed by atoms with Crippen LogP contribution in [0.1, 0.15) is 22.8 Å². The van der Waals surface area contributed by atoms with Crippen molar-refractivity contribution in [2.45, 2.75) is 13.5 Å². The zero-order chi connectivity index (χ0) is 22.1. The first-order valence-electron chi connectivity index (χ1n) is 10.3. The lowest BCUT2D eigenvalue weighted by molar-refractivity contribution is -0.885. The second kappa shape index (κ2) is 10.9. The minimum Gasteiger partial charge on any atom is -0.494 e. The van der Waals surface area contributed by atoms with E-state index < -0.39 is 0 Å². The van der Waals surface area contributed by atoms with Crippen LogP contribution in [0.5, 0.6) is 5.75 Å². The Morgan fingerprint density at radius 2 is 1.45 bits per heavy atom. The van der Waals surface area contributed by atoms with Gasteiger partial charge in [-0.2, -0.15) is 0 Å². The summed E-state index contributed by atoms with van der Waals surface area (Å²) < 4.78 is 5.40. The number of carbonyl (C=O) groups excluding carboxylic acids is 2. The van der Waals surface area contributed by atoms with Gasteiger partial charge < -0.3 is 20.3 Å². The third-order valence-electron chi connectivity index (χ3n) is 4.67. The highest BCUT2D eigenvalue weighted by molar-refractivity contribution is 6.04. The predicted octanol–water partition coefficient (Wildman–Crippen LogP) is 2.99. The van der Waals surface area contributed by atoms with E-state index in [9.17, 15) is 9.59 Å². The molecule has 0 aliphatic rings. The van der Waals surface area contributed by atoms with Crippen molar-refractivity contribution in [3.05, 3.63) is 90.0 Å². The van der Waals surface area contributed by atoms with E-state index in [2.05, 4.69) is 22.8 Å². The molecule has 6 nitrogen and oxygen atoms in total. The number of quaternary nitrogens is 1. The van der Waals surface area contributed by atoms with Crippen molar-refractivity contribution in [1.82, 2.24) is 0 Å². The van der Waals surface area contributed by atoms with Crippen molar-refractivity contribution in [2.24, 2.45) is 0 Å². The number of ether oxygens (including phenoxy) is 1. The lowest BCUT2D eigenvalue weighted by Crippen LogP contribution is -3.08. The minimum absolute atomic E-state index is 0.0694. The van der Waals surface area contributed by atoms with Crippen molar-refractivity contribution >= 4 is 23.2 Å². The van der Waals surface area contributed by atoms with Gasteiger partial charge in [0, 0.05) is 22.5 Å². The molecule has 6 heteroatoms. The van der Waals surface area contributed by atoms with E-state index in [-0.39, 0.29) is 11.8 Å². The summed E-state index contributed by atoms with van der Waals surface area (Å²) in [7, 11) is 1.99. The Morgan fingerprint density at radius 3 is 2.10 bits per heavy atom. The maximum Gasteiger partial charge on any atom is 0.279 e. The standard InChI is InChI=1S/C25H27N3O3/c1-3-31-23-15-13-22(14-16-23)27-25(30)20-9-11-21(12-10-20)26-24(29)18-28(2)17-19-7-5-4-6-8-19/h4-16H,3,17-18H2,1-2H3,(H,26,29)(H,27,30)/p+1. The molecule has 1 atom stereocenters. The average Bonchev–Trinajstić information content (AvgIpc) is 2.76. The Balaban J connectivity index is 1.49. The summed E-state index contributed by atoms with van der Waals surface area (Å²) >= 11 is 0. The molecular weight excluding hydrogens is 390 g/mol. The maximum atomic E-state index is 12.4. The summed E-state index contributed by atoms with van der Waals surface area (Å²) in [5, 5.41) is 5.74. The van der Waals surface area contributed by atoms with Crippen LogP contribution in [0.15, 0.2) is 78.9 Å². The van der Waals surface area contributed by atoms with Crippen LogP contribution in [0.25, 0.3) is 0 Å². The number of anilines is 2. The van der Waals surface area contributed by atoms with E-state index in [0.29, 0.717) is 30.1 Å². The van der Waals surface area contributed by atoms with E-state index in [0.717, 1.165) is 17.2 Å². The minimum atomic E-state index is -0.214. The highest BCUT2D eigenvalue weighted by atomic mass is 16.5. The predicted molar refractivity (Wildman–Crippen MR) is 123 cm³/mol. The van der Waals surface area contributed by atoms with Gasteiger partial charge in [-0.15, -0.1) is 0 Å². The molecule has 0 spiro atoms. The molecule has 0 aliphatic carbocycles. The molecule has 3 aromatic rings. The number of nitrogens with one attached hydrogen (secondary N) is 3. The molecule has 0 radical (unpaired) electrons. The van der Waals surface area contributed by atoms with Crippen LogP contribution in [-0.4, -0.2) is 32.0 Å². The van der Waals surface area contributed by atoms with Crippen LogP contribution in [0.4, 0.5) is 11.4 Å². The molecule has 0 fully saturated rings. The highest BCUT2D eigenvalue weighted by Crippen LogP contribution is 2.17. The first-order valence-corrected chi connectivity index (χ1v) is 10.3. The Hall–Kier alpha value is -3.64. The molecule has 0 aromatic heterocycles. The number of carbonyl (C=O) groups is 2. The van der Waals surface area contributed by atoms with Gasteiger partial charge in [0.15, 0.2) is 6.54 Å². The summed E-state index contributed by atoms with van der Waals surface area (Å²) in [6.45, 7) is 3.65. The second-order valence-electron chi connectivity index (χ2n) is 7.33. The summed E-state index contributed by atoms with van der Waals surface area (Å²) in [6.07, 6.45) is 0. The lowest BCUT2D eigenvalue weighted by atomic mass is 10.2. The van der Waals surface area contributed by atoms with Crippen LogP contribution >= 0.6 is 0 Å². The highest BCUT2D eigenvalue weighted by Gasteiger charge is 2.12. The molecule has 2 amide bonds. The van der Waals surface area contributed by atoms with Crippen molar-refractivity contribution in [3.8, 4) is 5.75 Å². The van der Waals surface area contributed by atoms with Crippen molar-refractivity contribution in [2.75, 3.05) is 30.8 Å². The molecule has 3 aromatic carbocycles. The zero-order valence-corrected chi connectivity index (χ0v) is 17.9. The monoisotopic (exact) mass is 418 g/mol. The molecule has 1 unspecified atom stereocenters. The molecule has 3 N–H and O–H groups in total. The molecular formula is C25H28N3O3+. The number of rotatable bonds is 9. The largest absolute Gasteiger partial charge is 0.494 e. The molecule has 3 rings (SSSR count). The van der Waals surface area contributed by atoms with Gasteiger partial charge in [0.05, 0.1) is 13.7 Å². The van der Waals surface area contributed by atoms with Crippen molar-refractivity contribution in [3.63, 3.8) is 0 Å². The molecule has 31 heavy (non-hydrogen) atoms. The topological polar surface area (TPSA) is 71.9 Å². The van der Waals surface area contributed by atoms with E-state index in [1.807, 2.05) is 44.3 Å². The summed E-state index contributed by atoms with van der Waals surface area (Å²) in [4.78, 5) is 25.9. The molecule has 0 saturated heterocycles. The van der Waals surface area contributed by atoms with Crippen LogP contribution in [0.2, 0.25) is 0 Å². The molecule has 160 valence electrons. The second-order valence-corrected chi connectivity index (χ2v) is 7.33. The SMILES string of the molecule is CCOc1ccc(NC(=O)c2ccc(NC(=O)C[NH+](C)Cc3ccccc3)cc2)cc1. The summed E-state index contributed by atoms with van der Waals surface area (Å²) in [6, 6.07) is 24.2. The average molecular weight is 419 g/mol. The van der Waals surface area contributed by atoms with E-state index >= 15 is 0 Å². The number of amides is 2. The fourth-order valence-electron chi connectivity index (χ4n) is 3.20. The summed E-state index contributed by atoms with van der Waals surface area (Å²) in [5.41, 5.74) is 3.06. The normalized spacial score (nSPS) is 11.4. The van der Waals surface area contributed by atoms with Gasteiger partial charge in [-0.05, 0) is 55.5 Å². The van der Waals surface area contributed by atoms with Crippen LogP contribution < -0.4 is 20.3 Å². The van der Waals surface area contributed by atoms with E-state index in [1.165, 1.54) is 5.56 Å². The summed E-state index contributed by atoms with van der Waals surface area (Å²) in [5.74, 6) is 0.478. The van der Waals surface area contributed by atoms with E-state index in [1.54, 1.807) is 36.4 Å². The van der Waals surface area contributed by atoms with Crippen LogP contribution in [0, 0.1) is 0 Å². The van der Waals surface area contributed by atoms with Crippen molar-refractivity contribution < 1.29 is 19.2 Å². The van der Waals surface area contributed by atoms with Gasteiger partial charge in [-0.25, -0.2) is 0 Å². The van der Waals surface area contributed by atoms with Crippen LogP contribution in [-0.2, 0) is 11.3 Å². The van der Waals surface area contributed by atoms with Gasteiger partial charge in [0.1, 0.15) is 12.3 Å². The molecule has 0 saturated carbocycles. The van der Waals surface area contributed by atoms with E-state index in [4.69, 9.17) is 4.74 Å². The number of hydrogen-bond donors (Lipinski definition) is 3. The number of likely N-dealkylation sites (N-methyl/N-ethyl adjacent to an activating group) is 1. The number of hydrogen-bond acceptors (Lipinski definition) is 3. The Morgan fingerprint density at radius 1 is 0.839 bits per heavy atom. The first-order chi connectivity index (χ1) is 15.0. The molecule has 0 aliphatic heterocycles. The quantitative estimate of drug-likeness (QED) is 0.500. The van der Waals surface area contributed by atoms with Gasteiger partial charge in [-0.3, -0.25) is 9.59 Å².